The summed E-state index contributed by atoms with van der Waals surface area (Å²) in [5.74, 6) is 4.67. The predicted molar refractivity (Wildman–Crippen MR) is 162 cm³/mol. The number of halogens is 3. The van der Waals surface area contributed by atoms with Gasteiger partial charge in [0.05, 0.1) is 5.56 Å². The van der Waals surface area contributed by atoms with E-state index >= 15 is 8.78 Å². The lowest BCUT2D eigenvalue weighted by atomic mass is 10.0. The molecule has 42 heavy (non-hydrogen) atoms. The zero-order chi connectivity index (χ0) is 29.2. The van der Waals surface area contributed by atoms with E-state index < -0.39 is 11.6 Å². The van der Waals surface area contributed by atoms with E-state index in [9.17, 15) is 9.18 Å². The Bertz CT molecular complexity index is 1790. The van der Waals surface area contributed by atoms with Gasteiger partial charge in [0.15, 0.2) is 11.6 Å². The first-order chi connectivity index (χ1) is 20.4. The van der Waals surface area contributed by atoms with Crippen molar-refractivity contribution in [2.45, 2.75) is 43.8 Å². The number of aromatic nitrogens is 3. The molecule has 0 spiro atoms. The topological polar surface area (TPSA) is 70.8 Å². The molecule has 6 rings (SSSR count). The molecular weight excluding hydrogens is 559 g/mol. The Kier molecular flexibility index (Phi) is 8.02. The molecular formula is C33H30F3N3O2S. The Morgan fingerprint density at radius 3 is 2.76 bits per heavy atom. The molecule has 0 aliphatic carbocycles. The van der Waals surface area contributed by atoms with Crippen LogP contribution in [0.15, 0.2) is 60.9 Å². The number of benzene rings is 3. The van der Waals surface area contributed by atoms with Crippen LogP contribution < -0.4 is 4.74 Å². The fraction of sp³-hybridized carbons (Fsp3) is 0.242. The standard InChI is InChI=1S/C33H30F3N3O2S/c1-42-14-4-8-24(42)17-26-25-11-12-37-30(25)18-29(35)32(26)41-23-9-10-28(34)27(16-23)33-38-19-22(39-33)15-21-6-2-5-20(31(21)36)7-3-13-40/h2,5-6,9-13,16,18-19,24,37H,1,3-4,7-8,14-15,17H2,(H,38,39). The highest BCUT2D eigenvalue weighted by molar-refractivity contribution is 8.14. The Labute approximate surface area is 244 Å². The Hall–Kier alpha value is -4.11. The number of nitrogens with zero attached hydrogens (tertiary/aromatic N) is 1. The van der Waals surface area contributed by atoms with Gasteiger partial charge >= 0.3 is 0 Å². The Morgan fingerprint density at radius 1 is 1.10 bits per heavy atom. The third-order valence-electron chi connectivity index (χ3n) is 7.81. The van der Waals surface area contributed by atoms with E-state index in [0.29, 0.717) is 40.4 Å². The van der Waals surface area contributed by atoms with Gasteiger partial charge in [0.25, 0.3) is 0 Å². The average Bonchev–Trinajstić information content (AvgIpc) is 3.74. The summed E-state index contributed by atoms with van der Waals surface area (Å²) < 4.78 is 51.6. The van der Waals surface area contributed by atoms with Crippen LogP contribution in [-0.4, -0.2) is 38.1 Å². The largest absolute Gasteiger partial charge is 0.454 e. The van der Waals surface area contributed by atoms with E-state index in [0.717, 1.165) is 35.8 Å². The summed E-state index contributed by atoms with van der Waals surface area (Å²) >= 11 is 0. The predicted octanol–water partition coefficient (Wildman–Crippen LogP) is 7.90. The maximum atomic E-state index is 15.5. The average molecular weight is 590 g/mol. The number of ether oxygens (including phenoxy) is 1. The first-order valence-electron chi connectivity index (χ1n) is 13.9. The molecule has 5 aromatic rings. The highest BCUT2D eigenvalue weighted by Gasteiger charge is 2.25. The van der Waals surface area contributed by atoms with Crippen LogP contribution in [0.3, 0.4) is 0 Å². The molecule has 1 aliphatic rings. The molecule has 2 aromatic heterocycles. The van der Waals surface area contributed by atoms with E-state index in [-0.39, 0.29) is 52.0 Å². The highest BCUT2D eigenvalue weighted by Crippen LogP contribution is 2.41. The number of hydrogen-bond donors (Lipinski definition) is 2. The third-order valence-corrected chi connectivity index (χ3v) is 9.97. The van der Waals surface area contributed by atoms with Crippen LogP contribution in [-0.2, 0) is 24.1 Å². The number of hydrogen-bond acceptors (Lipinski definition) is 3. The van der Waals surface area contributed by atoms with Crippen molar-refractivity contribution in [3.63, 3.8) is 0 Å². The molecule has 0 radical (unpaired) electrons. The number of carbonyl (C=O) groups is 1. The molecule has 3 aromatic carbocycles. The summed E-state index contributed by atoms with van der Waals surface area (Å²) in [6, 6.07) is 12.6. The monoisotopic (exact) mass is 589 g/mol. The lowest BCUT2D eigenvalue weighted by Crippen LogP contribution is -2.07. The van der Waals surface area contributed by atoms with Crippen LogP contribution in [0.1, 0.15) is 41.6 Å². The van der Waals surface area contributed by atoms with Gasteiger partial charge in [-0.1, -0.05) is 24.1 Å². The van der Waals surface area contributed by atoms with Crippen molar-refractivity contribution >= 4 is 33.5 Å². The molecule has 1 aliphatic heterocycles. The molecule has 2 atom stereocenters. The van der Waals surface area contributed by atoms with Crippen LogP contribution in [0, 0.1) is 17.5 Å². The van der Waals surface area contributed by atoms with E-state index in [1.54, 1.807) is 24.4 Å². The first-order valence-corrected chi connectivity index (χ1v) is 15.5. The maximum Gasteiger partial charge on any atom is 0.168 e. The molecule has 1 saturated heterocycles. The minimum Gasteiger partial charge on any atom is -0.454 e. The van der Waals surface area contributed by atoms with Gasteiger partial charge in [-0.25, -0.2) is 18.2 Å². The van der Waals surface area contributed by atoms with Gasteiger partial charge in [-0.3, -0.25) is 0 Å². The summed E-state index contributed by atoms with van der Waals surface area (Å²) in [7, 11) is 0.0101. The minimum atomic E-state index is -0.529. The number of nitrogens with one attached hydrogen (secondary N) is 2. The van der Waals surface area contributed by atoms with Crippen molar-refractivity contribution < 1.29 is 22.7 Å². The van der Waals surface area contributed by atoms with Crippen LogP contribution in [0.25, 0.3) is 22.3 Å². The number of fused-ring (bicyclic) bond motifs is 1. The number of imidazole rings is 1. The molecule has 0 amide bonds. The molecule has 1 fully saturated rings. The fourth-order valence-electron chi connectivity index (χ4n) is 5.65. The van der Waals surface area contributed by atoms with Gasteiger partial charge in [-0.05, 0) is 66.8 Å². The van der Waals surface area contributed by atoms with E-state index in [4.69, 9.17) is 4.74 Å². The molecule has 2 N–H and O–H groups in total. The van der Waals surface area contributed by atoms with E-state index in [1.165, 1.54) is 30.5 Å². The van der Waals surface area contributed by atoms with Crippen molar-refractivity contribution in [2.75, 3.05) is 5.75 Å². The third kappa shape index (κ3) is 5.66. The fourth-order valence-corrected chi connectivity index (χ4v) is 7.42. The van der Waals surface area contributed by atoms with Crippen LogP contribution in [0.2, 0.25) is 0 Å². The van der Waals surface area contributed by atoms with Gasteiger partial charge in [-0.2, -0.15) is 10.5 Å². The molecule has 9 heteroatoms. The number of aldehydes is 1. The first kappa shape index (κ1) is 28.0. The normalized spacial score (nSPS) is 16.7. The molecule has 0 bridgehead atoms. The summed E-state index contributed by atoms with van der Waals surface area (Å²) in [4.78, 5) is 21.2. The van der Waals surface area contributed by atoms with Gasteiger partial charge in [0.1, 0.15) is 29.5 Å². The molecule has 2 unspecified atom stereocenters. The Balaban J connectivity index is 1.28. The van der Waals surface area contributed by atoms with Crippen LogP contribution in [0.4, 0.5) is 13.2 Å². The van der Waals surface area contributed by atoms with Crippen LogP contribution >= 0.6 is 10.5 Å². The van der Waals surface area contributed by atoms with Gasteiger partial charge in [-0.15, -0.1) is 0 Å². The molecule has 216 valence electrons. The number of aromatic amines is 2. The smallest absolute Gasteiger partial charge is 0.168 e. The number of H-pyrrole nitrogens is 2. The maximum absolute atomic E-state index is 15.5. The summed E-state index contributed by atoms with van der Waals surface area (Å²) in [6.07, 6.45) is 7.68. The number of aryl methyl sites for hydroxylation is 1. The van der Waals surface area contributed by atoms with E-state index in [2.05, 4.69) is 20.8 Å². The zero-order valence-corrected chi connectivity index (χ0v) is 23.7. The zero-order valence-electron chi connectivity index (χ0n) is 22.9. The van der Waals surface area contributed by atoms with Crippen molar-refractivity contribution in [1.82, 2.24) is 15.0 Å². The summed E-state index contributed by atoms with van der Waals surface area (Å²) in [5.41, 5.74) is 3.14. The van der Waals surface area contributed by atoms with Gasteiger partial charge in [0, 0.05) is 58.7 Å². The second-order valence-corrected chi connectivity index (χ2v) is 12.7. The van der Waals surface area contributed by atoms with Crippen molar-refractivity contribution in [3.05, 3.63) is 101 Å². The molecule has 3 heterocycles. The lowest BCUT2D eigenvalue weighted by molar-refractivity contribution is -0.107. The quantitative estimate of drug-likeness (QED) is 0.129. The number of carbonyl (C=O) groups excluding carboxylic acids is 1. The highest BCUT2D eigenvalue weighted by atomic mass is 32.2. The van der Waals surface area contributed by atoms with Gasteiger partial charge < -0.3 is 19.5 Å². The van der Waals surface area contributed by atoms with Crippen molar-refractivity contribution in [2.24, 2.45) is 0 Å². The number of rotatable bonds is 10. The second kappa shape index (κ2) is 12.0. The second-order valence-electron chi connectivity index (χ2n) is 10.6. The van der Waals surface area contributed by atoms with Crippen LogP contribution in [0.5, 0.6) is 11.5 Å². The van der Waals surface area contributed by atoms with Gasteiger partial charge in [0.2, 0.25) is 0 Å². The minimum absolute atomic E-state index is 0.0101. The molecule has 5 nitrogen and oxygen atoms in total. The lowest BCUT2D eigenvalue weighted by Gasteiger charge is -2.18. The SMILES string of the molecule is C=S1CCCC1Cc1c(Oc2ccc(F)c(-c3ncc(Cc4cccc(CCC=O)c4F)[nH]3)c2)c(F)cc2[nH]ccc12. The van der Waals surface area contributed by atoms with Crippen molar-refractivity contribution in [3.8, 4) is 22.9 Å². The van der Waals surface area contributed by atoms with Crippen molar-refractivity contribution in [1.29, 1.82) is 0 Å². The molecule has 0 saturated carbocycles. The summed E-state index contributed by atoms with van der Waals surface area (Å²) in [6.45, 7) is 0. The Morgan fingerprint density at radius 2 is 1.95 bits per heavy atom. The van der Waals surface area contributed by atoms with E-state index in [1.807, 2.05) is 6.07 Å². The summed E-state index contributed by atoms with van der Waals surface area (Å²) in [5, 5.41) is 1.25.